The van der Waals surface area contributed by atoms with Crippen LogP contribution in [0.25, 0.3) is 0 Å². The summed E-state index contributed by atoms with van der Waals surface area (Å²) in [6.07, 6.45) is -0.344. The highest BCUT2D eigenvalue weighted by Crippen LogP contribution is 2.47. The van der Waals surface area contributed by atoms with Gasteiger partial charge in [-0.1, -0.05) is 66.7 Å². The van der Waals surface area contributed by atoms with Gasteiger partial charge in [0.1, 0.15) is 23.2 Å². The van der Waals surface area contributed by atoms with Crippen LogP contribution in [0.4, 0.5) is 11.4 Å². The SMILES string of the molecule is CC1(O)CC(=O)C(C(=O)Nc2ccccc2)C(c2cccc(Oc3ccccc3)c2)C1C(=O)Nc1ccccc1. The first kappa shape index (κ1) is 26.8. The molecule has 4 aromatic carbocycles. The average molecular weight is 535 g/mol. The molecule has 4 aromatic rings. The van der Waals surface area contributed by atoms with Crippen molar-refractivity contribution in [2.24, 2.45) is 11.8 Å². The number of benzene rings is 4. The molecule has 2 amide bonds. The number of rotatable bonds is 7. The Balaban J connectivity index is 1.57. The number of anilines is 2. The molecule has 7 heteroatoms. The van der Waals surface area contributed by atoms with Crippen LogP contribution in [0.1, 0.15) is 24.8 Å². The maximum Gasteiger partial charge on any atom is 0.235 e. The molecule has 1 saturated carbocycles. The van der Waals surface area contributed by atoms with Crippen LogP contribution in [0.5, 0.6) is 11.5 Å². The van der Waals surface area contributed by atoms with E-state index in [0.717, 1.165) is 0 Å². The predicted molar refractivity (Wildman–Crippen MR) is 153 cm³/mol. The molecule has 4 unspecified atom stereocenters. The summed E-state index contributed by atoms with van der Waals surface area (Å²) in [5.41, 5.74) is -0.100. The van der Waals surface area contributed by atoms with Gasteiger partial charge in [0.05, 0.1) is 11.5 Å². The van der Waals surface area contributed by atoms with E-state index >= 15 is 0 Å². The van der Waals surface area contributed by atoms with E-state index in [1.54, 1.807) is 72.8 Å². The van der Waals surface area contributed by atoms with Crippen molar-refractivity contribution in [1.29, 1.82) is 0 Å². The van der Waals surface area contributed by atoms with Gasteiger partial charge in [-0.05, 0) is 61.0 Å². The Morgan fingerprint density at radius 1 is 0.750 bits per heavy atom. The smallest absolute Gasteiger partial charge is 0.235 e. The zero-order chi connectivity index (χ0) is 28.1. The molecule has 0 heterocycles. The van der Waals surface area contributed by atoms with Crippen LogP contribution in [0, 0.1) is 11.8 Å². The zero-order valence-electron chi connectivity index (χ0n) is 22.0. The average Bonchev–Trinajstić information content (AvgIpc) is 2.94. The van der Waals surface area contributed by atoms with E-state index in [2.05, 4.69) is 10.6 Å². The Labute approximate surface area is 232 Å². The summed E-state index contributed by atoms with van der Waals surface area (Å²) in [7, 11) is 0. The number of carbonyl (C=O) groups is 3. The summed E-state index contributed by atoms with van der Waals surface area (Å²) in [6, 6.07) is 33.9. The molecule has 1 fully saturated rings. The van der Waals surface area contributed by atoms with Gasteiger partial charge in [0.15, 0.2) is 0 Å². The van der Waals surface area contributed by atoms with E-state index in [1.165, 1.54) is 6.92 Å². The fourth-order valence-electron chi connectivity index (χ4n) is 5.38. The normalized spacial score (nSPS) is 22.2. The lowest BCUT2D eigenvalue weighted by Gasteiger charge is -2.44. The second-order valence-corrected chi connectivity index (χ2v) is 10.2. The van der Waals surface area contributed by atoms with E-state index in [0.29, 0.717) is 28.4 Å². The number of hydrogen-bond acceptors (Lipinski definition) is 5. The molecule has 0 bridgehead atoms. The van der Waals surface area contributed by atoms with E-state index in [9.17, 15) is 19.5 Å². The van der Waals surface area contributed by atoms with Crippen molar-refractivity contribution in [2.45, 2.75) is 24.9 Å². The standard InChI is InChI=1S/C33H30N2O5/c1-33(39)21-27(36)29(31(37)34-23-13-5-2-6-14-23)28(30(33)32(38)35-24-15-7-3-8-16-24)22-12-11-19-26(20-22)40-25-17-9-4-10-18-25/h2-20,28-30,39H,21H2,1H3,(H,34,37)(H,35,38). The first-order chi connectivity index (χ1) is 19.3. The molecule has 0 saturated heterocycles. The number of ketones is 1. The van der Waals surface area contributed by atoms with Crippen LogP contribution in [0.15, 0.2) is 115 Å². The van der Waals surface area contributed by atoms with Crippen LogP contribution >= 0.6 is 0 Å². The van der Waals surface area contributed by atoms with Gasteiger partial charge >= 0.3 is 0 Å². The minimum Gasteiger partial charge on any atom is -0.457 e. The summed E-state index contributed by atoms with van der Waals surface area (Å²) >= 11 is 0. The van der Waals surface area contributed by atoms with Crippen LogP contribution in [-0.4, -0.2) is 28.3 Å². The highest BCUT2D eigenvalue weighted by Gasteiger charge is 2.56. The highest BCUT2D eigenvalue weighted by atomic mass is 16.5. The first-order valence-corrected chi connectivity index (χ1v) is 13.1. The molecule has 7 nitrogen and oxygen atoms in total. The quantitative estimate of drug-likeness (QED) is 0.260. The number of Topliss-reactive ketones (excluding diaryl/α,β-unsaturated/α-hetero) is 1. The van der Waals surface area contributed by atoms with Crippen molar-refractivity contribution < 1.29 is 24.2 Å². The van der Waals surface area contributed by atoms with Crippen molar-refractivity contribution in [1.82, 2.24) is 0 Å². The van der Waals surface area contributed by atoms with Gasteiger partial charge in [-0.25, -0.2) is 0 Å². The molecule has 1 aliphatic rings. The predicted octanol–water partition coefficient (Wildman–Crippen LogP) is 5.80. The third kappa shape index (κ3) is 5.95. The lowest BCUT2D eigenvalue weighted by Crippen LogP contribution is -2.56. The molecular weight excluding hydrogens is 504 g/mol. The number of amides is 2. The summed E-state index contributed by atoms with van der Waals surface area (Å²) < 4.78 is 6.02. The molecule has 202 valence electrons. The third-order valence-corrected chi connectivity index (χ3v) is 7.14. The van der Waals surface area contributed by atoms with Crippen LogP contribution in [-0.2, 0) is 14.4 Å². The van der Waals surface area contributed by atoms with Crippen molar-refractivity contribution >= 4 is 29.0 Å². The fourth-order valence-corrected chi connectivity index (χ4v) is 5.38. The molecule has 0 spiro atoms. The second kappa shape index (κ2) is 11.6. The Hall–Kier alpha value is -4.75. The summed E-state index contributed by atoms with van der Waals surface area (Å²) in [5.74, 6) is -3.69. The van der Waals surface area contributed by atoms with E-state index in [-0.39, 0.29) is 6.42 Å². The maximum atomic E-state index is 13.8. The van der Waals surface area contributed by atoms with Crippen LogP contribution in [0.3, 0.4) is 0 Å². The van der Waals surface area contributed by atoms with Crippen LogP contribution < -0.4 is 15.4 Å². The minimum atomic E-state index is -1.71. The molecule has 40 heavy (non-hydrogen) atoms. The molecular formula is C33H30N2O5. The van der Waals surface area contributed by atoms with Gasteiger partial charge in [0.2, 0.25) is 11.8 Å². The second-order valence-electron chi connectivity index (χ2n) is 10.2. The molecule has 0 aromatic heterocycles. The summed E-state index contributed by atoms with van der Waals surface area (Å²) in [6.45, 7) is 1.47. The fraction of sp³-hybridized carbons (Fsp3) is 0.182. The van der Waals surface area contributed by atoms with Gasteiger partial charge in [-0.2, -0.15) is 0 Å². The van der Waals surface area contributed by atoms with Crippen molar-refractivity contribution in [3.8, 4) is 11.5 Å². The van der Waals surface area contributed by atoms with Gasteiger partial charge in [-0.15, -0.1) is 0 Å². The Morgan fingerprint density at radius 2 is 1.27 bits per heavy atom. The first-order valence-electron chi connectivity index (χ1n) is 13.1. The third-order valence-electron chi connectivity index (χ3n) is 7.14. The van der Waals surface area contributed by atoms with Gasteiger partial charge in [0.25, 0.3) is 0 Å². The lowest BCUT2D eigenvalue weighted by atomic mass is 9.61. The summed E-state index contributed by atoms with van der Waals surface area (Å²) in [5, 5.41) is 17.2. The van der Waals surface area contributed by atoms with Gasteiger partial charge in [-0.3, -0.25) is 14.4 Å². The van der Waals surface area contributed by atoms with Gasteiger partial charge in [0, 0.05) is 23.7 Å². The zero-order valence-corrected chi connectivity index (χ0v) is 22.0. The highest BCUT2D eigenvalue weighted by molar-refractivity contribution is 6.10. The largest absolute Gasteiger partial charge is 0.457 e. The van der Waals surface area contributed by atoms with Crippen molar-refractivity contribution in [2.75, 3.05) is 10.6 Å². The number of carbonyl (C=O) groups excluding carboxylic acids is 3. The van der Waals surface area contributed by atoms with E-state index in [1.807, 2.05) is 42.5 Å². The van der Waals surface area contributed by atoms with Gasteiger partial charge < -0.3 is 20.5 Å². The lowest BCUT2D eigenvalue weighted by molar-refractivity contribution is -0.150. The van der Waals surface area contributed by atoms with E-state index in [4.69, 9.17) is 4.74 Å². The number of nitrogens with one attached hydrogen (secondary N) is 2. The minimum absolute atomic E-state index is 0.344. The summed E-state index contributed by atoms with van der Waals surface area (Å²) in [4.78, 5) is 41.1. The Morgan fingerprint density at radius 3 is 1.88 bits per heavy atom. The number of ether oxygens (including phenoxy) is 1. The molecule has 0 aliphatic heterocycles. The monoisotopic (exact) mass is 534 g/mol. The maximum absolute atomic E-state index is 13.8. The molecule has 5 rings (SSSR count). The molecule has 0 radical (unpaired) electrons. The number of hydrogen-bond donors (Lipinski definition) is 3. The molecule has 3 N–H and O–H groups in total. The molecule has 1 aliphatic carbocycles. The van der Waals surface area contributed by atoms with Crippen molar-refractivity contribution in [3.63, 3.8) is 0 Å². The topological polar surface area (TPSA) is 105 Å². The van der Waals surface area contributed by atoms with Crippen LogP contribution in [0.2, 0.25) is 0 Å². The van der Waals surface area contributed by atoms with Crippen molar-refractivity contribution in [3.05, 3.63) is 121 Å². The van der Waals surface area contributed by atoms with E-state index < -0.39 is 41.0 Å². The number of para-hydroxylation sites is 3. The Kier molecular flexibility index (Phi) is 7.75. The number of aliphatic hydroxyl groups is 1. The molecule has 4 atom stereocenters. The Bertz CT molecular complexity index is 1490.